The first kappa shape index (κ1) is 41.4. The van der Waals surface area contributed by atoms with Crippen molar-refractivity contribution < 1.29 is 0 Å². The summed E-state index contributed by atoms with van der Waals surface area (Å²) >= 11 is 0. The van der Waals surface area contributed by atoms with E-state index in [0.29, 0.717) is 0 Å². The molecule has 0 saturated carbocycles. The molecule has 3 unspecified atom stereocenters. The first-order chi connectivity index (χ1) is 33.3. The van der Waals surface area contributed by atoms with Crippen LogP contribution in [0.15, 0.2) is 234 Å². The number of aliphatic imine (C=N–C) groups is 2. The molecular formula is C63H53N5. The molecule has 0 aromatic heterocycles. The van der Waals surface area contributed by atoms with Crippen LogP contribution in [0.1, 0.15) is 66.6 Å². The maximum absolute atomic E-state index is 5.88. The molecule has 0 amide bonds. The monoisotopic (exact) mass is 879 g/mol. The highest BCUT2D eigenvalue weighted by Gasteiger charge is 2.45. The summed E-state index contributed by atoms with van der Waals surface area (Å²) in [5.74, 6) is 1.38. The maximum Gasteiger partial charge on any atom is 0.152 e. The molecule has 0 spiro atoms. The lowest BCUT2D eigenvalue weighted by Crippen LogP contribution is -2.48. The standard InChI is InChI=1S/C63H53N5/c1-62(2)49-34-14-18-38-53(49)67(54-39-19-15-35-50(54)62)57-45(42-24-8-5-9-25-42)30-22-32-47(57)60-64-59(44-28-12-7-13-29-44)65-61(66-60)48-33-23-31-46(43-26-10-6-11-27-43)58(48)68-55-40-20-16-36-51(55)63(3,4)52-37-17-21-41-56(52)68/h5-41,47,57,60H,1-4H3,(H,64,65,66). The van der Waals surface area contributed by atoms with Gasteiger partial charge in [-0.2, -0.15) is 0 Å². The Bertz CT molecular complexity index is 3240. The Kier molecular flexibility index (Phi) is 9.98. The molecule has 0 radical (unpaired) electrons. The van der Waals surface area contributed by atoms with Crippen LogP contribution in [0.3, 0.4) is 0 Å². The summed E-state index contributed by atoms with van der Waals surface area (Å²) in [4.78, 5) is 16.7. The molecule has 0 bridgehead atoms. The van der Waals surface area contributed by atoms with Gasteiger partial charge in [0, 0.05) is 44.8 Å². The quantitative estimate of drug-likeness (QED) is 0.173. The zero-order valence-electron chi connectivity index (χ0n) is 38.9. The SMILES string of the molecule is CC1(C)c2ccccc2N(c2c(C3=NC(C4C=CC=C(c5ccccc5)C4N4c5ccccc5C(C)(C)c5ccccc54)N=C(c4ccccc4)N3)cccc2-c2ccccc2)c2ccccc21. The summed E-state index contributed by atoms with van der Waals surface area (Å²) < 4.78 is 0. The lowest BCUT2D eigenvalue weighted by atomic mass is 9.72. The van der Waals surface area contributed by atoms with E-state index in [1.807, 2.05) is 0 Å². The van der Waals surface area contributed by atoms with E-state index in [9.17, 15) is 0 Å². The number of nitrogens with one attached hydrogen (secondary N) is 1. The van der Waals surface area contributed by atoms with Gasteiger partial charge in [-0.3, -0.25) is 0 Å². The molecule has 3 heterocycles. The molecule has 8 aromatic carbocycles. The summed E-state index contributed by atoms with van der Waals surface area (Å²) in [6.45, 7) is 9.40. The number of anilines is 5. The molecule has 5 nitrogen and oxygen atoms in total. The van der Waals surface area contributed by atoms with Gasteiger partial charge in [-0.25, -0.2) is 9.98 Å². The third kappa shape index (κ3) is 6.67. The van der Waals surface area contributed by atoms with Crippen LogP contribution in [0.4, 0.5) is 28.4 Å². The highest BCUT2D eigenvalue weighted by Crippen LogP contribution is 2.55. The van der Waals surface area contributed by atoms with Gasteiger partial charge < -0.3 is 15.1 Å². The third-order valence-electron chi connectivity index (χ3n) is 14.7. The normalized spacial score (nSPS) is 19.5. The summed E-state index contributed by atoms with van der Waals surface area (Å²) in [6.07, 6.45) is 6.38. The molecular weight excluding hydrogens is 827 g/mol. The minimum Gasteiger partial charge on any atom is -0.333 e. The molecule has 3 atom stereocenters. The van der Waals surface area contributed by atoms with Crippen LogP contribution in [0, 0.1) is 5.92 Å². The Labute approximate surface area is 400 Å². The van der Waals surface area contributed by atoms with Crippen LogP contribution in [-0.4, -0.2) is 23.9 Å². The molecule has 1 aliphatic carbocycles. The van der Waals surface area contributed by atoms with Crippen LogP contribution in [-0.2, 0) is 10.8 Å². The van der Waals surface area contributed by atoms with Crippen LogP contribution < -0.4 is 15.1 Å². The van der Waals surface area contributed by atoms with E-state index in [1.165, 1.54) is 44.8 Å². The Hall–Kier alpha value is -8.02. The molecule has 1 N–H and O–H groups in total. The molecule has 68 heavy (non-hydrogen) atoms. The second-order valence-corrected chi connectivity index (χ2v) is 19.3. The highest BCUT2D eigenvalue weighted by molar-refractivity contribution is 6.19. The summed E-state index contributed by atoms with van der Waals surface area (Å²) in [7, 11) is 0. The van der Waals surface area contributed by atoms with Gasteiger partial charge in [0.15, 0.2) is 6.17 Å². The molecule has 3 aliphatic heterocycles. The first-order valence-corrected chi connectivity index (χ1v) is 23.9. The van der Waals surface area contributed by atoms with E-state index < -0.39 is 6.17 Å². The van der Waals surface area contributed by atoms with Gasteiger partial charge in [-0.1, -0.05) is 222 Å². The van der Waals surface area contributed by atoms with Crippen molar-refractivity contribution in [1.29, 1.82) is 0 Å². The fraction of sp³-hybridized carbons (Fsp3) is 0.143. The molecule has 0 saturated heterocycles. The van der Waals surface area contributed by atoms with Crippen molar-refractivity contribution in [3.8, 4) is 11.1 Å². The van der Waals surface area contributed by atoms with Gasteiger partial charge in [0.25, 0.3) is 0 Å². The topological polar surface area (TPSA) is 43.2 Å². The average Bonchev–Trinajstić information content (AvgIpc) is 3.39. The van der Waals surface area contributed by atoms with Gasteiger partial charge >= 0.3 is 0 Å². The molecule has 4 aliphatic rings. The number of fused-ring (bicyclic) bond motifs is 4. The number of benzene rings is 8. The third-order valence-corrected chi connectivity index (χ3v) is 14.7. The Balaban J connectivity index is 1.11. The van der Waals surface area contributed by atoms with Gasteiger partial charge in [0.1, 0.15) is 11.7 Å². The smallest absolute Gasteiger partial charge is 0.152 e. The summed E-state index contributed by atoms with van der Waals surface area (Å²) in [5, 5.41) is 3.88. The fourth-order valence-corrected chi connectivity index (χ4v) is 11.4. The fourth-order valence-electron chi connectivity index (χ4n) is 11.4. The van der Waals surface area contributed by atoms with E-state index in [2.05, 4.69) is 267 Å². The second-order valence-electron chi connectivity index (χ2n) is 19.3. The molecule has 330 valence electrons. The van der Waals surface area contributed by atoms with E-state index in [4.69, 9.17) is 9.98 Å². The van der Waals surface area contributed by atoms with Crippen molar-refractivity contribution in [3.63, 3.8) is 0 Å². The van der Waals surface area contributed by atoms with Crippen molar-refractivity contribution in [2.75, 3.05) is 9.80 Å². The second kappa shape index (κ2) is 16.4. The highest BCUT2D eigenvalue weighted by atomic mass is 15.2. The van der Waals surface area contributed by atoms with Gasteiger partial charge in [-0.05, 0) is 69.3 Å². The predicted molar refractivity (Wildman–Crippen MR) is 283 cm³/mol. The zero-order valence-corrected chi connectivity index (χ0v) is 38.9. The van der Waals surface area contributed by atoms with Crippen LogP contribution >= 0.6 is 0 Å². The van der Waals surface area contributed by atoms with Gasteiger partial charge in [0.05, 0.1) is 23.1 Å². The van der Waals surface area contributed by atoms with E-state index >= 15 is 0 Å². The van der Waals surface area contributed by atoms with Crippen molar-refractivity contribution in [2.24, 2.45) is 15.9 Å². The number of hydrogen-bond acceptors (Lipinski definition) is 5. The van der Waals surface area contributed by atoms with Crippen LogP contribution in [0.5, 0.6) is 0 Å². The van der Waals surface area contributed by atoms with Crippen LogP contribution in [0.25, 0.3) is 16.7 Å². The molecule has 5 heteroatoms. The van der Waals surface area contributed by atoms with E-state index in [1.54, 1.807) is 0 Å². The molecule has 8 aromatic rings. The summed E-state index contributed by atoms with van der Waals surface area (Å²) in [6, 6.07) is 74.5. The largest absolute Gasteiger partial charge is 0.333 e. The molecule has 12 rings (SSSR count). The number of nitrogens with zero attached hydrogens (tertiary/aromatic N) is 4. The van der Waals surface area contributed by atoms with E-state index in [-0.39, 0.29) is 22.8 Å². The number of allylic oxidation sites excluding steroid dienone is 2. The minimum absolute atomic E-state index is 0.173. The van der Waals surface area contributed by atoms with Crippen LogP contribution in [0.2, 0.25) is 0 Å². The lowest BCUT2D eigenvalue weighted by Gasteiger charge is -2.49. The van der Waals surface area contributed by atoms with Crippen molar-refractivity contribution in [1.82, 2.24) is 5.32 Å². The Morgan fingerprint density at radius 2 is 0.868 bits per heavy atom. The van der Waals surface area contributed by atoms with Crippen molar-refractivity contribution in [2.45, 2.75) is 50.7 Å². The predicted octanol–water partition coefficient (Wildman–Crippen LogP) is 14.7. The Morgan fingerprint density at radius 1 is 0.426 bits per heavy atom. The average molecular weight is 880 g/mol. The number of amidine groups is 2. The van der Waals surface area contributed by atoms with Crippen molar-refractivity contribution in [3.05, 3.63) is 263 Å². The number of rotatable bonds is 7. The van der Waals surface area contributed by atoms with Gasteiger partial charge in [0.2, 0.25) is 0 Å². The van der Waals surface area contributed by atoms with Gasteiger partial charge in [-0.15, -0.1) is 0 Å². The minimum atomic E-state index is -0.516. The van der Waals surface area contributed by atoms with Crippen molar-refractivity contribution >= 4 is 45.7 Å². The number of hydrogen-bond donors (Lipinski definition) is 1. The number of para-hydroxylation sites is 5. The van der Waals surface area contributed by atoms with E-state index in [0.717, 1.165) is 51.0 Å². The summed E-state index contributed by atoms with van der Waals surface area (Å²) in [5.41, 5.74) is 17.2. The zero-order chi connectivity index (χ0) is 46.0. The lowest BCUT2D eigenvalue weighted by molar-refractivity contribution is 0.464. The maximum atomic E-state index is 5.88. The Morgan fingerprint density at radius 3 is 1.43 bits per heavy atom. The first-order valence-electron chi connectivity index (χ1n) is 23.9. The molecule has 0 fully saturated rings.